The minimum Gasteiger partial charge on any atom is -0.496 e. The number of methoxy groups -OCH3 is 3. The molecule has 108 valence electrons. The fraction of sp³-hybridized carbons (Fsp3) is 0.357. The first-order valence-corrected chi connectivity index (χ1v) is 6.15. The molecule has 0 amide bonds. The molecule has 0 aliphatic heterocycles. The number of oxazole rings is 1. The van der Waals surface area contributed by atoms with Crippen molar-refractivity contribution in [3.05, 3.63) is 36.0 Å². The Morgan fingerprint density at radius 3 is 2.30 bits per heavy atom. The van der Waals surface area contributed by atoms with Gasteiger partial charge in [0.05, 0.1) is 27.0 Å². The van der Waals surface area contributed by atoms with Crippen molar-refractivity contribution in [2.75, 3.05) is 21.3 Å². The van der Waals surface area contributed by atoms with E-state index in [4.69, 9.17) is 18.6 Å². The average Bonchev–Trinajstić information content (AvgIpc) is 2.99. The molecule has 1 aromatic carbocycles. The maximum atomic E-state index is 5.37. The van der Waals surface area contributed by atoms with Crippen LogP contribution in [0.5, 0.6) is 17.2 Å². The smallest absolute Gasteiger partial charge is 0.180 e. The highest BCUT2D eigenvalue weighted by atomic mass is 16.5. The first-order valence-electron chi connectivity index (χ1n) is 6.15. The van der Waals surface area contributed by atoms with Gasteiger partial charge in [-0.2, -0.15) is 0 Å². The SMILES string of the molecule is COc1cc(OC)c(OC)cc1CNCc1cocn1. The lowest BCUT2D eigenvalue weighted by atomic mass is 10.1. The molecule has 0 bridgehead atoms. The summed E-state index contributed by atoms with van der Waals surface area (Å²) in [6.07, 6.45) is 3.02. The van der Waals surface area contributed by atoms with E-state index in [0.717, 1.165) is 17.0 Å². The molecular weight excluding hydrogens is 260 g/mol. The number of nitrogens with zero attached hydrogens (tertiary/aromatic N) is 1. The Bertz CT molecular complexity index is 540. The molecule has 6 nitrogen and oxygen atoms in total. The van der Waals surface area contributed by atoms with Crippen molar-refractivity contribution in [2.24, 2.45) is 0 Å². The molecular formula is C14H18N2O4. The minimum atomic E-state index is 0.619. The Balaban J connectivity index is 2.09. The summed E-state index contributed by atoms with van der Waals surface area (Å²) in [5.41, 5.74) is 1.83. The highest BCUT2D eigenvalue weighted by Crippen LogP contribution is 2.34. The maximum absolute atomic E-state index is 5.37. The number of hydrogen-bond donors (Lipinski definition) is 1. The van der Waals surface area contributed by atoms with Gasteiger partial charge in [-0.15, -0.1) is 0 Å². The zero-order valence-electron chi connectivity index (χ0n) is 11.8. The largest absolute Gasteiger partial charge is 0.496 e. The van der Waals surface area contributed by atoms with Crippen LogP contribution < -0.4 is 19.5 Å². The van der Waals surface area contributed by atoms with E-state index in [-0.39, 0.29) is 0 Å². The van der Waals surface area contributed by atoms with Crippen molar-refractivity contribution in [2.45, 2.75) is 13.1 Å². The third-order valence-electron chi connectivity index (χ3n) is 2.89. The highest BCUT2D eigenvalue weighted by molar-refractivity contribution is 5.50. The second kappa shape index (κ2) is 6.81. The standard InChI is InChI=1S/C14H18N2O4/c1-17-12-5-14(19-3)13(18-2)4-10(12)6-15-7-11-8-20-9-16-11/h4-5,8-9,15H,6-7H2,1-3H3. The Morgan fingerprint density at radius 2 is 1.70 bits per heavy atom. The Hall–Kier alpha value is -2.21. The quantitative estimate of drug-likeness (QED) is 0.835. The number of hydrogen-bond acceptors (Lipinski definition) is 6. The van der Waals surface area contributed by atoms with Crippen LogP contribution in [-0.4, -0.2) is 26.3 Å². The van der Waals surface area contributed by atoms with Gasteiger partial charge < -0.3 is 23.9 Å². The molecule has 0 spiro atoms. The number of ether oxygens (including phenoxy) is 3. The van der Waals surface area contributed by atoms with Gasteiger partial charge >= 0.3 is 0 Å². The Kier molecular flexibility index (Phi) is 4.84. The van der Waals surface area contributed by atoms with Gasteiger partial charge in [0.2, 0.25) is 0 Å². The van der Waals surface area contributed by atoms with Crippen LogP contribution in [0.15, 0.2) is 29.2 Å². The van der Waals surface area contributed by atoms with Crippen LogP contribution in [0.25, 0.3) is 0 Å². The Labute approximate surface area is 117 Å². The molecule has 1 heterocycles. The first kappa shape index (κ1) is 14.2. The molecule has 1 N–H and O–H groups in total. The molecule has 0 saturated carbocycles. The van der Waals surface area contributed by atoms with Crippen molar-refractivity contribution in [3.8, 4) is 17.2 Å². The average molecular weight is 278 g/mol. The van der Waals surface area contributed by atoms with Crippen LogP contribution in [0.4, 0.5) is 0 Å². The lowest BCUT2D eigenvalue weighted by Crippen LogP contribution is -2.13. The van der Waals surface area contributed by atoms with Gasteiger partial charge in [-0.05, 0) is 6.07 Å². The first-order chi connectivity index (χ1) is 9.78. The minimum absolute atomic E-state index is 0.619. The van der Waals surface area contributed by atoms with E-state index in [9.17, 15) is 0 Å². The van der Waals surface area contributed by atoms with Crippen molar-refractivity contribution in [1.29, 1.82) is 0 Å². The number of nitrogens with one attached hydrogen (secondary N) is 1. The third-order valence-corrected chi connectivity index (χ3v) is 2.89. The second-order valence-corrected chi connectivity index (χ2v) is 4.10. The summed E-state index contributed by atoms with van der Waals surface area (Å²) in [5, 5.41) is 3.27. The van der Waals surface area contributed by atoms with Gasteiger partial charge in [0.1, 0.15) is 12.0 Å². The zero-order chi connectivity index (χ0) is 14.4. The second-order valence-electron chi connectivity index (χ2n) is 4.10. The summed E-state index contributed by atoms with van der Waals surface area (Å²) in [6, 6.07) is 3.71. The lowest BCUT2D eigenvalue weighted by molar-refractivity contribution is 0.347. The van der Waals surface area contributed by atoms with Gasteiger partial charge in [-0.1, -0.05) is 0 Å². The van der Waals surface area contributed by atoms with E-state index in [1.807, 2.05) is 12.1 Å². The van der Waals surface area contributed by atoms with Crippen LogP contribution in [0, 0.1) is 0 Å². The molecule has 0 atom stereocenters. The molecule has 0 radical (unpaired) electrons. The summed E-state index contributed by atoms with van der Waals surface area (Å²) < 4.78 is 20.8. The fourth-order valence-corrected chi connectivity index (χ4v) is 1.88. The van der Waals surface area contributed by atoms with E-state index in [2.05, 4.69) is 10.3 Å². The molecule has 20 heavy (non-hydrogen) atoms. The molecule has 2 aromatic rings. The van der Waals surface area contributed by atoms with Gasteiger partial charge in [0.25, 0.3) is 0 Å². The molecule has 0 fully saturated rings. The molecule has 6 heteroatoms. The van der Waals surface area contributed by atoms with E-state index >= 15 is 0 Å². The van der Waals surface area contributed by atoms with Gasteiger partial charge in [-0.3, -0.25) is 0 Å². The van der Waals surface area contributed by atoms with Crippen LogP contribution in [0.2, 0.25) is 0 Å². The molecule has 0 aliphatic rings. The molecule has 2 rings (SSSR count). The highest BCUT2D eigenvalue weighted by Gasteiger charge is 2.11. The number of rotatable bonds is 7. The number of aromatic nitrogens is 1. The normalized spacial score (nSPS) is 10.3. The number of benzene rings is 1. The topological polar surface area (TPSA) is 65.8 Å². The van der Waals surface area contributed by atoms with Crippen molar-refractivity contribution >= 4 is 0 Å². The third kappa shape index (κ3) is 3.21. The zero-order valence-corrected chi connectivity index (χ0v) is 11.8. The van der Waals surface area contributed by atoms with E-state index in [0.29, 0.717) is 24.6 Å². The van der Waals surface area contributed by atoms with Gasteiger partial charge in [0.15, 0.2) is 17.9 Å². The van der Waals surface area contributed by atoms with Crippen LogP contribution in [-0.2, 0) is 13.1 Å². The molecule has 0 unspecified atom stereocenters. The Morgan fingerprint density at radius 1 is 1.00 bits per heavy atom. The fourth-order valence-electron chi connectivity index (χ4n) is 1.88. The summed E-state index contributed by atoms with van der Waals surface area (Å²) >= 11 is 0. The van der Waals surface area contributed by atoms with E-state index in [1.165, 1.54) is 6.39 Å². The van der Waals surface area contributed by atoms with Crippen molar-refractivity contribution in [3.63, 3.8) is 0 Å². The monoisotopic (exact) mass is 278 g/mol. The predicted octanol–water partition coefficient (Wildman–Crippen LogP) is 1.99. The summed E-state index contributed by atoms with van der Waals surface area (Å²) in [5.74, 6) is 2.06. The molecule has 1 aromatic heterocycles. The van der Waals surface area contributed by atoms with Crippen LogP contribution in [0.1, 0.15) is 11.3 Å². The van der Waals surface area contributed by atoms with Crippen molar-refractivity contribution < 1.29 is 18.6 Å². The predicted molar refractivity (Wildman–Crippen MR) is 73.1 cm³/mol. The van der Waals surface area contributed by atoms with Gasteiger partial charge in [0, 0.05) is 24.7 Å². The van der Waals surface area contributed by atoms with E-state index < -0.39 is 0 Å². The van der Waals surface area contributed by atoms with Gasteiger partial charge in [-0.25, -0.2) is 4.98 Å². The molecule has 0 aliphatic carbocycles. The van der Waals surface area contributed by atoms with Crippen LogP contribution in [0.3, 0.4) is 0 Å². The summed E-state index contributed by atoms with van der Waals surface area (Å²) in [7, 11) is 4.83. The summed E-state index contributed by atoms with van der Waals surface area (Å²) in [4.78, 5) is 4.05. The molecule has 0 saturated heterocycles. The lowest BCUT2D eigenvalue weighted by Gasteiger charge is -2.14. The van der Waals surface area contributed by atoms with Crippen molar-refractivity contribution in [1.82, 2.24) is 10.3 Å². The van der Waals surface area contributed by atoms with E-state index in [1.54, 1.807) is 27.6 Å². The summed E-state index contributed by atoms with van der Waals surface area (Å²) in [6.45, 7) is 1.24. The van der Waals surface area contributed by atoms with Crippen LogP contribution >= 0.6 is 0 Å². The maximum Gasteiger partial charge on any atom is 0.180 e.